The quantitative estimate of drug-likeness (QED) is 0.502. The molecule has 2 aromatic heterocycles. The van der Waals surface area contributed by atoms with Crippen LogP contribution in [0.1, 0.15) is 18.9 Å². The van der Waals surface area contributed by atoms with E-state index >= 15 is 0 Å². The maximum Gasteiger partial charge on any atom is 0.262 e. The van der Waals surface area contributed by atoms with Crippen molar-refractivity contribution in [2.45, 2.75) is 30.8 Å². The predicted octanol–water partition coefficient (Wildman–Crippen LogP) is 3.89. The smallest absolute Gasteiger partial charge is 0.262 e. The molecule has 7 heteroatoms. The van der Waals surface area contributed by atoms with E-state index in [9.17, 15) is 9.18 Å². The van der Waals surface area contributed by atoms with Crippen molar-refractivity contribution in [1.82, 2.24) is 19.2 Å². The predicted molar refractivity (Wildman–Crippen MR) is 101 cm³/mol. The zero-order valence-corrected chi connectivity index (χ0v) is 15.0. The molecular formula is C19H17FN4OS. The van der Waals surface area contributed by atoms with E-state index in [-0.39, 0.29) is 11.4 Å². The van der Waals surface area contributed by atoms with Gasteiger partial charge in [0.1, 0.15) is 5.82 Å². The first-order valence-electron chi connectivity index (χ1n) is 8.43. The van der Waals surface area contributed by atoms with E-state index in [0.29, 0.717) is 28.6 Å². The molecule has 0 saturated carbocycles. The van der Waals surface area contributed by atoms with Crippen molar-refractivity contribution in [2.75, 3.05) is 0 Å². The van der Waals surface area contributed by atoms with Crippen molar-refractivity contribution in [1.29, 1.82) is 0 Å². The van der Waals surface area contributed by atoms with Gasteiger partial charge < -0.3 is 0 Å². The largest absolute Gasteiger partial charge is 0.276 e. The Kier molecular flexibility index (Phi) is 4.46. The van der Waals surface area contributed by atoms with Crippen LogP contribution in [0.2, 0.25) is 0 Å². The molecule has 0 saturated heterocycles. The van der Waals surface area contributed by atoms with Gasteiger partial charge in [-0.25, -0.2) is 4.39 Å². The molecular weight excluding hydrogens is 351 g/mol. The summed E-state index contributed by atoms with van der Waals surface area (Å²) in [5, 5.41) is 9.94. The average Bonchev–Trinajstić information content (AvgIpc) is 3.09. The Morgan fingerprint density at radius 1 is 1.08 bits per heavy atom. The first kappa shape index (κ1) is 16.8. The number of benzene rings is 2. The maximum atomic E-state index is 13.1. The summed E-state index contributed by atoms with van der Waals surface area (Å²) in [5.74, 6) is 0.945. The van der Waals surface area contributed by atoms with Crippen LogP contribution in [-0.2, 0) is 12.3 Å². The molecule has 4 aromatic rings. The molecule has 2 aromatic carbocycles. The number of thioether (sulfide) groups is 1. The van der Waals surface area contributed by atoms with Crippen LogP contribution in [0.15, 0.2) is 58.5 Å². The van der Waals surface area contributed by atoms with Crippen molar-refractivity contribution in [3.63, 3.8) is 0 Å². The van der Waals surface area contributed by atoms with E-state index in [0.717, 1.165) is 17.5 Å². The summed E-state index contributed by atoms with van der Waals surface area (Å²) in [6, 6.07) is 13.9. The summed E-state index contributed by atoms with van der Waals surface area (Å²) in [6.45, 7) is 2.62. The fourth-order valence-electron chi connectivity index (χ4n) is 2.98. The third-order valence-electron chi connectivity index (χ3n) is 4.21. The number of rotatable bonds is 5. The van der Waals surface area contributed by atoms with E-state index in [4.69, 9.17) is 0 Å². The Hall–Kier alpha value is -2.67. The summed E-state index contributed by atoms with van der Waals surface area (Å²) < 4.78 is 16.7. The molecule has 0 unspecified atom stereocenters. The van der Waals surface area contributed by atoms with Gasteiger partial charge in [0, 0.05) is 12.3 Å². The van der Waals surface area contributed by atoms with Gasteiger partial charge in [0.05, 0.1) is 10.9 Å². The topological polar surface area (TPSA) is 52.2 Å². The van der Waals surface area contributed by atoms with Crippen LogP contribution >= 0.6 is 11.8 Å². The highest BCUT2D eigenvalue weighted by Crippen LogP contribution is 2.24. The van der Waals surface area contributed by atoms with Gasteiger partial charge in [-0.05, 0) is 36.2 Å². The van der Waals surface area contributed by atoms with Crippen molar-refractivity contribution in [3.05, 3.63) is 70.3 Å². The minimum atomic E-state index is -0.249. The van der Waals surface area contributed by atoms with E-state index in [1.807, 2.05) is 35.6 Å². The van der Waals surface area contributed by atoms with Gasteiger partial charge in [0.25, 0.3) is 5.56 Å². The van der Waals surface area contributed by atoms with Crippen LogP contribution in [0.4, 0.5) is 4.39 Å². The number of para-hydroxylation sites is 1. The summed E-state index contributed by atoms with van der Waals surface area (Å²) in [7, 11) is 0. The molecule has 0 N–H and O–H groups in total. The number of aromatic nitrogens is 4. The number of fused-ring (bicyclic) bond motifs is 3. The molecule has 0 aliphatic carbocycles. The van der Waals surface area contributed by atoms with Crippen LogP contribution in [-0.4, -0.2) is 19.2 Å². The van der Waals surface area contributed by atoms with Gasteiger partial charge in [-0.1, -0.05) is 43.0 Å². The lowest BCUT2D eigenvalue weighted by molar-refractivity contribution is 0.627. The zero-order chi connectivity index (χ0) is 18.1. The maximum absolute atomic E-state index is 13.1. The van der Waals surface area contributed by atoms with Crippen molar-refractivity contribution in [3.8, 4) is 0 Å². The van der Waals surface area contributed by atoms with Gasteiger partial charge in [-0.2, -0.15) is 0 Å². The highest BCUT2D eigenvalue weighted by molar-refractivity contribution is 7.98. The second-order valence-electron chi connectivity index (χ2n) is 6.01. The van der Waals surface area contributed by atoms with Crippen LogP contribution in [0.3, 0.4) is 0 Å². The molecule has 0 bridgehead atoms. The van der Waals surface area contributed by atoms with Gasteiger partial charge in [0.2, 0.25) is 5.78 Å². The number of nitrogens with zero attached hydrogens (tertiary/aromatic N) is 4. The van der Waals surface area contributed by atoms with Crippen molar-refractivity contribution in [2.24, 2.45) is 0 Å². The molecule has 0 spiro atoms. The van der Waals surface area contributed by atoms with Crippen LogP contribution in [0.25, 0.3) is 16.7 Å². The summed E-state index contributed by atoms with van der Waals surface area (Å²) in [5.41, 5.74) is 1.75. The summed E-state index contributed by atoms with van der Waals surface area (Å²) in [4.78, 5) is 12.8. The molecule has 5 nitrogen and oxygen atoms in total. The fourth-order valence-corrected chi connectivity index (χ4v) is 3.88. The lowest BCUT2D eigenvalue weighted by Gasteiger charge is -2.10. The lowest BCUT2D eigenvalue weighted by atomic mass is 10.2. The Bertz CT molecular complexity index is 1130. The third-order valence-corrected chi connectivity index (χ3v) is 5.21. The van der Waals surface area contributed by atoms with E-state index in [1.165, 1.54) is 23.9 Å². The summed E-state index contributed by atoms with van der Waals surface area (Å²) >= 11 is 1.51. The Balaban J connectivity index is 1.83. The van der Waals surface area contributed by atoms with Gasteiger partial charge in [-0.3, -0.25) is 13.8 Å². The molecule has 26 heavy (non-hydrogen) atoms. The zero-order valence-electron chi connectivity index (χ0n) is 14.2. The molecule has 0 amide bonds. The van der Waals surface area contributed by atoms with Gasteiger partial charge >= 0.3 is 0 Å². The van der Waals surface area contributed by atoms with E-state index in [2.05, 4.69) is 10.2 Å². The lowest BCUT2D eigenvalue weighted by Crippen LogP contribution is -2.23. The molecule has 4 rings (SSSR count). The van der Waals surface area contributed by atoms with Crippen LogP contribution in [0.5, 0.6) is 0 Å². The second-order valence-corrected chi connectivity index (χ2v) is 6.95. The Labute approximate surface area is 153 Å². The monoisotopic (exact) mass is 368 g/mol. The number of hydrogen-bond acceptors (Lipinski definition) is 4. The van der Waals surface area contributed by atoms with E-state index in [1.54, 1.807) is 16.7 Å². The third kappa shape index (κ3) is 2.88. The Morgan fingerprint density at radius 3 is 2.62 bits per heavy atom. The number of hydrogen-bond donors (Lipinski definition) is 0. The number of halogens is 1. The van der Waals surface area contributed by atoms with Gasteiger partial charge in [0.15, 0.2) is 5.16 Å². The first-order valence-corrected chi connectivity index (χ1v) is 9.41. The minimum Gasteiger partial charge on any atom is -0.276 e. The highest BCUT2D eigenvalue weighted by Gasteiger charge is 2.16. The molecule has 2 heterocycles. The standard InChI is InChI=1S/C19H17FN4OS/c1-2-11-23-17(25)15-5-3-4-6-16(15)24-18(23)21-22-19(24)26-12-13-7-9-14(20)10-8-13/h3-10H,2,11-12H2,1H3. The molecule has 0 aliphatic heterocycles. The van der Waals surface area contributed by atoms with Crippen LogP contribution in [0, 0.1) is 5.82 Å². The number of aryl methyl sites for hydroxylation is 1. The molecule has 0 atom stereocenters. The van der Waals surface area contributed by atoms with Crippen molar-refractivity contribution >= 4 is 28.4 Å². The molecule has 0 radical (unpaired) electrons. The van der Waals surface area contributed by atoms with E-state index < -0.39 is 0 Å². The molecule has 132 valence electrons. The Morgan fingerprint density at radius 2 is 1.85 bits per heavy atom. The molecule has 0 aliphatic rings. The highest BCUT2D eigenvalue weighted by atomic mass is 32.2. The average molecular weight is 368 g/mol. The molecule has 0 fully saturated rings. The van der Waals surface area contributed by atoms with Crippen LogP contribution < -0.4 is 5.56 Å². The first-order chi connectivity index (χ1) is 12.7. The minimum absolute atomic E-state index is 0.0440. The SMILES string of the molecule is CCCn1c(=O)c2ccccc2n2c(SCc3ccc(F)cc3)nnc12. The second kappa shape index (κ2) is 6.92. The van der Waals surface area contributed by atoms with Gasteiger partial charge in [-0.15, -0.1) is 10.2 Å². The fraction of sp³-hybridized carbons (Fsp3) is 0.211. The normalized spacial score (nSPS) is 11.5. The summed E-state index contributed by atoms with van der Waals surface area (Å²) in [6.07, 6.45) is 0.832. The van der Waals surface area contributed by atoms with Crippen molar-refractivity contribution < 1.29 is 4.39 Å².